The van der Waals surface area contributed by atoms with E-state index in [1.165, 1.54) is 6.07 Å². The molecule has 1 saturated heterocycles. The number of carbonyl (C=O) groups excluding carboxylic acids is 1. The SMILES string of the molecule is CC(C)c1cc(C(=O)N2CCC[C@@H](Nc3ccc(F)c(F)c3)C2)nc(N)n1. The van der Waals surface area contributed by atoms with Gasteiger partial charge in [0.05, 0.1) is 0 Å². The average Bonchev–Trinajstić information content (AvgIpc) is 2.64. The molecule has 2 heterocycles. The van der Waals surface area contributed by atoms with Crippen LogP contribution in [0, 0.1) is 11.6 Å². The quantitative estimate of drug-likeness (QED) is 0.857. The number of nitrogens with one attached hydrogen (secondary N) is 1. The highest BCUT2D eigenvalue weighted by Crippen LogP contribution is 2.20. The van der Waals surface area contributed by atoms with E-state index >= 15 is 0 Å². The van der Waals surface area contributed by atoms with Gasteiger partial charge in [-0.1, -0.05) is 13.8 Å². The maximum absolute atomic E-state index is 13.4. The number of hydrogen-bond acceptors (Lipinski definition) is 5. The summed E-state index contributed by atoms with van der Waals surface area (Å²) in [4.78, 5) is 22.8. The molecule has 8 heteroatoms. The minimum Gasteiger partial charge on any atom is -0.380 e. The molecular weight excluding hydrogens is 352 g/mol. The predicted octanol–water partition coefficient (Wildman–Crippen LogP) is 3.18. The number of benzene rings is 1. The van der Waals surface area contributed by atoms with Crippen molar-refractivity contribution in [3.63, 3.8) is 0 Å². The Hall–Kier alpha value is -2.77. The predicted molar refractivity (Wildman–Crippen MR) is 99.4 cm³/mol. The second-order valence-electron chi connectivity index (χ2n) is 7.05. The molecule has 0 spiro atoms. The number of aromatic nitrogens is 2. The lowest BCUT2D eigenvalue weighted by atomic mass is 10.0. The fraction of sp³-hybridized carbons (Fsp3) is 0.421. The molecule has 1 amide bonds. The third-order valence-electron chi connectivity index (χ3n) is 4.57. The Labute approximate surface area is 156 Å². The smallest absolute Gasteiger partial charge is 0.272 e. The van der Waals surface area contributed by atoms with Crippen molar-refractivity contribution in [2.24, 2.45) is 0 Å². The second-order valence-corrected chi connectivity index (χ2v) is 7.05. The maximum Gasteiger partial charge on any atom is 0.272 e. The molecule has 3 N–H and O–H groups in total. The first-order valence-corrected chi connectivity index (χ1v) is 8.99. The molecule has 0 aliphatic carbocycles. The number of carbonyl (C=O) groups is 1. The summed E-state index contributed by atoms with van der Waals surface area (Å²) in [7, 11) is 0. The molecule has 1 aliphatic heterocycles. The zero-order valence-electron chi connectivity index (χ0n) is 15.4. The maximum atomic E-state index is 13.4. The number of likely N-dealkylation sites (tertiary alicyclic amines) is 1. The van der Waals surface area contributed by atoms with Gasteiger partial charge in [0.2, 0.25) is 5.95 Å². The molecule has 0 saturated carbocycles. The van der Waals surface area contributed by atoms with Crippen LogP contribution in [0.25, 0.3) is 0 Å². The lowest BCUT2D eigenvalue weighted by Crippen LogP contribution is -2.45. The number of piperidine rings is 1. The number of halogens is 2. The van der Waals surface area contributed by atoms with Crippen molar-refractivity contribution in [1.29, 1.82) is 0 Å². The van der Waals surface area contributed by atoms with E-state index in [1.54, 1.807) is 11.0 Å². The van der Waals surface area contributed by atoms with Crippen LogP contribution in [0.2, 0.25) is 0 Å². The molecule has 0 bridgehead atoms. The molecule has 6 nitrogen and oxygen atoms in total. The van der Waals surface area contributed by atoms with Gasteiger partial charge in [0.25, 0.3) is 5.91 Å². The Morgan fingerprint density at radius 1 is 1.26 bits per heavy atom. The standard InChI is InChI=1S/C19H23F2N5O/c1-11(2)16-9-17(25-19(22)24-16)18(27)26-7-3-4-13(10-26)23-12-5-6-14(20)15(21)8-12/h5-6,8-9,11,13,23H,3-4,7,10H2,1-2H3,(H2,22,24,25)/t13-/m1/s1. The Balaban J connectivity index is 1.72. The van der Waals surface area contributed by atoms with Crippen LogP contribution in [-0.4, -0.2) is 39.9 Å². The normalized spacial score (nSPS) is 17.2. The minimum atomic E-state index is -0.901. The highest BCUT2D eigenvalue weighted by Gasteiger charge is 2.26. The molecule has 1 aromatic carbocycles. The number of nitrogen functional groups attached to an aromatic ring is 1. The Bertz CT molecular complexity index is 843. The van der Waals surface area contributed by atoms with Crippen LogP contribution in [0.4, 0.5) is 20.4 Å². The highest BCUT2D eigenvalue weighted by atomic mass is 19.2. The molecule has 3 rings (SSSR count). The fourth-order valence-corrected chi connectivity index (χ4v) is 3.15. The second kappa shape index (κ2) is 7.85. The molecule has 1 fully saturated rings. The highest BCUT2D eigenvalue weighted by molar-refractivity contribution is 5.92. The van der Waals surface area contributed by atoms with Crippen LogP contribution in [-0.2, 0) is 0 Å². The van der Waals surface area contributed by atoms with Crippen molar-refractivity contribution in [3.05, 3.63) is 47.3 Å². The van der Waals surface area contributed by atoms with Crippen LogP contribution >= 0.6 is 0 Å². The summed E-state index contributed by atoms with van der Waals surface area (Å²) in [5, 5.41) is 3.17. The van der Waals surface area contributed by atoms with E-state index < -0.39 is 11.6 Å². The van der Waals surface area contributed by atoms with Gasteiger partial charge in [0, 0.05) is 36.6 Å². The van der Waals surface area contributed by atoms with Gasteiger partial charge < -0.3 is 16.0 Å². The van der Waals surface area contributed by atoms with Crippen molar-refractivity contribution >= 4 is 17.5 Å². The first-order chi connectivity index (χ1) is 12.8. The van der Waals surface area contributed by atoms with Crippen molar-refractivity contribution in [3.8, 4) is 0 Å². The Morgan fingerprint density at radius 3 is 2.74 bits per heavy atom. The number of hydrogen-bond donors (Lipinski definition) is 2. The van der Waals surface area contributed by atoms with Gasteiger partial charge in [-0.15, -0.1) is 0 Å². The van der Waals surface area contributed by atoms with E-state index in [0.29, 0.717) is 18.8 Å². The van der Waals surface area contributed by atoms with Crippen LogP contribution in [0.1, 0.15) is 48.8 Å². The van der Waals surface area contributed by atoms with Gasteiger partial charge >= 0.3 is 0 Å². The van der Waals surface area contributed by atoms with E-state index in [1.807, 2.05) is 13.8 Å². The molecule has 144 valence electrons. The Morgan fingerprint density at radius 2 is 2.04 bits per heavy atom. The average molecular weight is 375 g/mol. The zero-order valence-corrected chi connectivity index (χ0v) is 15.4. The van der Waals surface area contributed by atoms with E-state index in [-0.39, 0.29) is 29.5 Å². The van der Waals surface area contributed by atoms with Crippen LogP contribution in [0.15, 0.2) is 24.3 Å². The number of nitrogens with zero attached hydrogens (tertiary/aromatic N) is 3. The number of amides is 1. The zero-order chi connectivity index (χ0) is 19.6. The summed E-state index contributed by atoms with van der Waals surface area (Å²) in [5.41, 5.74) is 7.24. The van der Waals surface area contributed by atoms with Crippen molar-refractivity contribution < 1.29 is 13.6 Å². The molecule has 1 aliphatic rings. The van der Waals surface area contributed by atoms with Crippen LogP contribution in [0.5, 0.6) is 0 Å². The molecule has 1 aromatic heterocycles. The summed E-state index contributed by atoms with van der Waals surface area (Å²) in [6.45, 7) is 4.99. The lowest BCUT2D eigenvalue weighted by molar-refractivity contribution is 0.0708. The van der Waals surface area contributed by atoms with Crippen molar-refractivity contribution in [2.75, 3.05) is 24.1 Å². The van der Waals surface area contributed by atoms with Crippen molar-refractivity contribution in [1.82, 2.24) is 14.9 Å². The summed E-state index contributed by atoms with van der Waals surface area (Å²) in [6.07, 6.45) is 1.62. The third-order valence-corrected chi connectivity index (χ3v) is 4.57. The molecule has 0 radical (unpaired) electrons. The van der Waals surface area contributed by atoms with E-state index in [0.717, 1.165) is 30.7 Å². The van der Waals surface area contributed by atoms with Gasteiger partial charge in [-0.25, -0.2) is 18.7 Å². The van der Waals surface area contributed by atoms with Gasteiger partial charge in [0.15, 0.2) is 11.6 Å². The monoisotopic (exact) mass is 375 g/mol. The minimum absolute atomic E-state index is 0.0590. The van der Waals surface area contributed by atoms with Crippen molar-refractivity contribution in [2.45, 2.75) is 38.6 Å². The first kappa shape index (κ1) is 19.0. The van der Waals surface area contributed by atoms with Gasteiger partial charge in [-0.2, -0.15) is 0 Å². The molecule has 0 unspecified atom stereocenters. The first-order valence-electron chi connectivity index (χ1n) is 8.99. The fourth-order valence-electron chi connectivity index (χ4n) is 3.15. The topological polar surface area (TPSA) is 84.1 Å². The lowest BCUT2D eigenvalue weighted by Gasteiger charge is -2.33. The van der Waals surface area contributed by atoms with E-state index in [9.17, 15) is 13.6 Å². The third kappa shape index (κ3) is 4.50. The Kier molecular flexibility index (Phi) is 5.53. The summed E-state index contributed by atoms with van der Waals surface area (Å²) >= 11 is 0. The van der Waals surface area contributed by atoms with Gasteiger partial charge in [-0.3, -0.25) is 4.79 Å². The number of anilines is 2. The van der Waals surface area contributed by atoms with E-state index in [4.69, 9.17) is 5.73 Å². The number of nitrogens with two attached hydrogens (primary N) is 1. The molecule has 27 heavy (non-hydrogen) atoms. The van der Waals surface area contributed by atoms with Crippen LogP contribution in [0.3, 0.4) is 0 Å². The van der Waals surface area contributed by atoms with E-state index in [2.05, 4.69) is 15.3 Å². The largest absolute Gasteiger partial charge is 0.380 e. The summed E-state index contributed by atoms with van der Waals surface area (Å²) < 4.78 is 26.5. The van der Waals surface area contributed by atoms with Gasteiger partial charge in [-0.05, 0) is 37.0 Å². The van der Waals surface area contributed by atoms with Gasteiger partial charge in [0.1, 0.15) is 5.69 Å². The summed E-state index contributed by atoms with van der Waals surface area (Å²) in [5.74, 6) is -1.78. The summed E-state index contributed by atoms with van der Waals surface area (Å²) in [6, 6.07) is 5.31. The van der Waals surface area contributed by atoms with Crippen LogP contribution < -0.4 is 11.1 Å². The molecule has 1 atom stereocenters. The molecule has 2 aromatic rings. The molecular formula is C19H23F2N5O. The number of rotatable bonds is 4.